The van der Waals surface area contributed by atoms with E-state index in [-0.39, 0.29) is 65.6 Å². The van der Waals surface area contributed by atoms with E-state index in [0.29, 0.717) is 24.4 Å². The molecule has 8 atom stereocenters. The maximum absolute atomic E-state index is 14.1. The molecule has 3 aliphatic heterocycles. The van der Waals surface area contributed by atoms with Gasteiger partial charge in [-0.15, -0.1) is 0 Å². The number of carbonyl (C=O) groups excluding carboxylic acids is 4. The van der Waals surface area contributed by atoms with Gasteiger partial charge in [-0.25, -0.2) is 5.48 Å². The SMILES string of the molecule is COc1cccc2c1C(=O)c1c(O)c3c(c(O)c1C2=O)C[C@@](O)(C(=O)NOCc1ccc(NC(=O)CN)cc1)C[C@@H]3O[C@H]1C[C@H]2[C@H](O[C@@H]3[C@@H](OC)OCCN32)[C@H](C)O1. The predicted octanol–water partition coefficient (Wildman–Crippen LogP) is 1.30. The number of amides is 2. The first-order valence-electron chi connectivity index (χ1n) is 18.8. The number of rotatable bonds is 10. The summed E-state index contributed by atoms with van der Waals surface area (Å²) in [6.45, 7) is 2.46. The summed E-state index contributed by atoms with van der Waals surface area (Å²) in [6, 6.07) is 10.8. The highest BCUT2D eigenvalue weighted by molar-refractivity contribution is 6.31. The van der Waals surface area contributed by atoms with E-state index in [1.54, 1.807) is 24.3 Å². The minimum Gasteiger partial charge on any atom is -0.507 e. The normalized spacial score (nSPS) is 28.7. The second kappa shape index (κ2) is 15.6. The molecule has 58 heavy (non-hydrogen) atoms. The van der Waals surface area contributed by atoms with Crippen LogP contribution in [0.5, 0.6) is 17.2 Å². The van der Waals surface area contributed by atoms with E-state index in [4.69, 9.17) is 39.0 Å². The van der Waals surface area contributed by atoms with E-state index < -0.39 is 89.6 Å². The van der Waals surface area contributed by atoms with Crippen LogP contribution in [0.25, 0.3) is 0 Å². The van der Waals surface area contributed by atoms with Crippen LogP contribution in [0.1, 0.15) is 74.4 Å². The number of carbonyl (C=O) groups is 4. The Bertz CT molecular complexity index is 2150. The van der Waals surface area contributed by atoms with Crippen molar-refractivity contribution in [1.29, 1.82) is 0 Å². The van der Waals surface area contributed by atoms with E-state index in [2.05, 4.69) is 15.7 Å². The number of hydroxylamine groups is 1. The Balaban J connectivity index is 1.11. The maximum Gasteiger partial charge on any atom is 0.275 e. The smallest absolute Gasteiger partial charge is 0.275 e. The topological polar surface area (TPSA) is 247 Å². The van der Waals surface area contributed by atoms with E-state index in [9.17, 15) is 34.5 Å². The number of benzene rings is 3. The predicted molar refractivity (Wildman–Crippen MR) is 199 cm³/mol. The van der Waals surface area contributed by atoms with Gasteiger partial charge < -0.3 is 54.8 Å². The van der Waals surface area contributed by atoms with Crippen molar-refractivity contribution in [2.75, 3.05) is 39.2 Å². The van der Waals surface area contributed by atoms with Gasteiger partial charge >= 0.3 is 0 Å². The molecule has 3 saturated heterocycles. The molecule has 2 aliphatic carbocycles. The third-order valence-corrected chi connectivity index (χ3v) is 11.4. The standard InChI is InChI=1S/C40H44N4O14/c1-18-36-23(44-11-12-54-38(53-3)37(44)58-36)13-27(56-18)57-25-15-40(51,39(50)43-55-17-19-7-9-20(10-8-19)42-26(45)16-41)14-22-29(25)35(49)31-30(33(22)47)32(46)21-5-4-6-24(52-2)28(21)34(31)48/h4-10,18,23,25,27,36-38,47,49,51H,11-17,41H2,1-3H3,(H,42,45)(H,43,50)/t18-,23-,25-,27-,36+,37+,38-,40-/m0/s1. The Morgan fingerprint density at radius 1 is 1.02 bits per heavy atom. The number of nitrogens with zero attached hydrogens (tertiary/aromatic N) is 1. The van der Waals surface area contributed by atoms with Crippen molar-refractivity contribution >= 4 is 29.1 Å². The molecule has 3 heterocycles. The van der Waals surface area contributed by atoms with Gasteiger partial charge in [0.05, 0.1) is 55.8 Å². The van der Waals surface area contributed by atoms with E-state index in [1.807, 2.05) is 6.92 Å². The van der Waals surface area contributed by atoms with Crippen molar-refractivity contribution in [2.45, 2.75) is 81.6 Å². The molecule has 0 spiro atoms. The molecule has 0 aromatic heterocycles. The van der Waals surface area contributed by atoms with Crippen LogP contribution in [-0.2, 0) is 51.1 Å². The van der Waals surface area contributed by atoms with E-state index in [0.717, 1.165) is 0 Å². The fourth-order valence-electron chi connectivity index (χ4n) is 8.68. The number of ether oxygens (including phenoxy) is 6. The number of nitrogens with two attached hydrogens (primary N) is 1. The summed E-state index contributed by atoms with van der Waals surface area (Å²) in [5.41, 5.74) is 5.09. The summed E-state index contributed by atoms with van der Waals surface area (Å²) in [5, 5.41) is 38.6. The number of nitrogens with one attached hydrogen (secondary N) is 2. The first kappa shape index (κ1) is 39.8. The van der Waals surface area contributed by atoms with Crippen LogP contribution >= 0.6 is 0 Å². The van der Waals surface area contributed by atoms with Crippen LogP contribution in [0.4, 0.5) is 5.69 Å². The van der Waals surface area contributed by atoms with Gasteiger partial charge in [-0.1, -0.05) is 24.3 Å². The number of anilines is 1. The molecule has 3 fully saturated rings. The van der Waals surface area contributed by atoms with Gasteiger partial charge in [-0.2, -0.15) is 0 Å². The molecule has 308 valence electrons. The van der Waals surface area contributed by atoms with Crippen LogP contribution in [0.15, 0.2) is 42.5 Å². The van der Waals surface area contributed by atoms with Gasteiger partial charge in [-0.3, -0.25) is 28.9 Å². The first-order valence-corrected chi connectivity index (χ1v) is 18.8. The fourth-order valence-corrected chi connectivity index (χ4v) is 8.68. The van der Waals surface area contributed by atoms with Crippen LogP contribution in [0.2, 0.25) is 0 Å². The Labute approximate surface area is 332 Å². The molecule has 5 aliphatic rings. The average Bonchev–Trinajstić information content (AvgIpc) is 3.60. The summed E-state index contributed by atoms with van der Waals surface area (Å²) in [7, 11) is 2.87. The second-order valence-corrected chi connectivity index (χ2v) is 14.9. The number of morpholine rings is 1. The monoisotopic (exact) mass is 804 g/mol. The number of aromatic hydroxyl groups is 2. The molecule has 18 heteroatoms. The van der Waals surface area contributed by atoms with Gasteiger partial charge in [0.25, 0.3) is 5.91 Å². The zero-order chi connectivity index (χ0) is 41.0. The molecule has 18 nitrogen and oxygen atoms in total. The summed E-state index contributed by atoms with van der Waals surface area (Å²) in [5.74, 6) is -4.14. The average molecular weight is 805 g/mol. The lowest BCUT2D eigenvalue weighted by atomic mass is 9.72. The van der Waals surface area contributed by atoms with Crippen LogP contribution < -0.4 is 21.3 Å². The Morgan fingerprint density at radius 3 is 2.50 bits per heavy atom. The highest BCUT2D eigenvalue weighted by Gasteiger charge is 2.55. The van der Waals surface area contributed by atoms with Crippen molar-refractivity contribution in [2.24, 2.45) is 5.73 Å². The molecular weight excluding hydrogens is 760 g/mol. The number of fused-ring (bicyclic) bond motifs is 6. The largest absolute Gasteiger partial charge is 0.507 e. The molecular formula is C40H44N4O14. The van der Waals surface area contributed by atoms with Crippen molar-refractivity contribution in [1.82, 2.24) is 10.4 Å². The van der Waals surface area contributed by atoms with Crippen molar-refractivity contribution < 1.29 is 67.8 Å². The first-order chi connectivity index (χ1) is 27.9. The third-order valence-electron chi connectivity index (χ3n) is 11.4. The molecule has 0 unspecified atom stereocenters. The fraction of sp³-hybridized carbons (Fsp3) is 0.450. The van der Waals surface area contributed by atoms with Gasteiger partial charge in [-0.05, 0) is 30.7 Å². The third kappa shape index (κ3) is 6.79. The quantitative estimate of drug-likeness (QED) is 0.0977. The lowest BCUT2D eigenvalue weighted by Gasteiger charge is -2.43. The summed E-state index contributed by atoms with van der Waals surface area (Å²) in [6.07, 6.45) is -5.16. The van der Waals surface area contributed by atoms with Crippen LogP contribution in [0.3, 0.4) is 0 Å². The molecule has 3 aromatic rings. The zero-order valence-corrected chi connectivity index (χ0v) is 31.9. The number of phenolic OH excluding ortho intramolecular Hbond substituents is 2. The molecule has 8 rings (SSSR count). The molecule has 0 radical (unpaired) electrons. The van der Waals surface area contributed by atoms with E-state index >= 15 is 0 Å². The summed E-state index contributed by atoms with van der Waals surface area (Å²) >= 11 is 0. The van der Waals surface area contributed by atoms with Crippen molar-refractivity contribution in [3.8, 4) is 17.2 Å². The van der Waals surface area contributed by atoms with Gasteiger partial charge in [0.2, 0.25) is 11.7 Å². The molecule has 2 amide bonds. The minimum absolute atomic E-state index is 0.0543. The lowest BCUT2D eigenvalue weighted by Crippen LogP contribution is -2.55. The molecule has 0 saturated carbocycles. The van der Waals surface area contributed by atoms with Gasteiger partial charge in [0, 0.05) is 61.3 Å². The number of hydrogen-bond acceptors (Lipinski definition) is 16. The zero-order valence-electron chi connectivity index (χ0n) is 31.9. The van der Waals surface area contributed by atoms with Crippen molar-refractivity contribution in [3.63, 3.8) is 0 Å². The number of methoxy groups -OCH3 is 2. The molecule has 7 N–H and O–H groups in total. The maximum atomic E-state index is 14.1. The Morgan fingerprint density at radius 2 is 1.78 bits per heavy atom. The highest BCUT2D eigenvalue weighted by atomic mass is 16.7. The van der Waals surface area contributed by atoms with Gasteiger partial charge in [0.1, 0.15) is 23.4 Å². The number of phenols is 2. The van der Waals surface area contributed by atoms with Crippen LogP contribution in [0, 0.1) is 0 Å². The lowest BCUT2D eigenvalue weighted by molar-refractivity contribution is -0.256. The Hall–Kier alpha value is -5.02. The summed E-state index contributed by atoms with van der Waals surface area (Å²) in [4.78, 5) is 61.2. The van der Waals surface area contributed by atoms with Crippen molar-refractivity contribution in [3.05, 3.63) is 81.4 Å². The summed E-state index contributed by atoms with van der Waals surface area (Å²) < 4.78 is 35.8. The Kier molecular flexibility index (Phi) is 10.7. The minimum atomic E-state index is -2.34. The highest BCUT2D eigenvalue weighted by Crippen LogP contribution is 2.53. The number of hydrogen-bond donors (Lipinski definition) is 6. The van der Waals surface area contributed by atoms with Crippen LogP contribution in [-0.4, -0.2) is 120 Å². The van der Waals surface area contributed by atoms with Gasteiger partial charge in [0.15, 0.2) is 30.2 Å². The molecule has 3 aromatic carbocycles. The van der Waals surface area contributed by atoms with E-state index in [1.165, 1.54) is 32.4 Å². The number of ketones is 2. The number of aliphatic hydroxyl groups is 1. The molecule has 0 bridgehead atoms. The second-order valence-electron chi connectivity index (χ2n) is 14.9.